The number of rotatable bonds is 4. The maximum absolute atomic E-state index is 5.89. The van der Waals surface area contributed by atoms with E-state index < -0.39 is 0 Å². The molecule has 1 saturated carbocycles. The van der Waals surface area contributed by atoms with Gasteiger partial charge in [-0.2, -0.15) is 5.10 Å². The molecular weight excluding hydrogens is 355 g/mol. The Labute approximate surface area is 131 Å². The number of nitrogens with two attached hydrogens (primary N) is 1. The Morgan fingerprint density at radius 2 is 2.21 bits per heavy atom. The van der Waals surface area contributed by atoms with Gasteiger partial charge in [0.25, 0.3) is 0 Å². The van der Waals surface area contributed by atoms with Gasteiger partial charge in [-0.15, -0.1) is 24.0 Å². The summed E-state index contributed by atoms with van der Waals surface area (Å²) in [5, 5.41) is 7.39. The second-order valence-corrected chi connectivity index (χ2v) is 4.67. The molecule has 1 aliphatic carbocycles. The molecule has 0 saturated heterocycles. The first-order valence-corrected chi connectivity index (χ1v) is 6.72. The molecule has 108 valence electrons. The Hall–Kier alpha value is -0.860. The molecule has 7 heteroatoms. The molecule has 2 rings (SSSR count). The lowest BCUT2D eigenvalue weighted by Crippen LogP contribution is -2.41. The van der Waals surface area contributed by atoms with E-state index >= 15 is 0 Å². The first kappa shape index (κ1) is 16.2. The van der Waals surface area contributed by atoms with Gasteiger partial charge in [0.15, 0.2) is 5.96 Å². The van der Waals surface area contributed by atoms with Gasteiger partial charge in [0, 0.05) is 12.6 Å². The van der Waals surface area contributed by atoms with E-state index in [0.717, 1.165) is 12.4 Å². The standard InChI is InChI=1S/C12H22N6.HI/c1-2-18-11(15-9-16-18)8-14-12(13)17-10-6-4-3-5-7-10;/h9-10H,2-8H2,1H3,(H3,13,14,17);1H. The van der Waals surface area contributed by atoms with Crippen molar-refractivity contribution in [3.05, 3.63) is 12.2 Å². The van der Waals surface area contributed by atoms with Gasteiger partial charge in [-0.1, -0.05) is 19.3 Å². The van der Waals surface area contributed by atoms with Crippen molar-refractivity contribution in [1.82, 2.24) is 20.1 Å². The predicted octanol–water partition coefficient (Wildman–Crippen LogP) is 1.65. The number of hydrogen-bond donors (Lipinski definition) is 2. The fourth-order valence-corrected chi connectivity index (χ4v) is 2.33. The third kappa shape index (κ3) is 4.96. The van der Waals surface area contributed by atoms with Crippen LogP contribution in [0.15, 0.2) is 11.3 Å². The normalized spacial score (nSPS) is 17.0. The summed E-state index contributed by atoms with van der Waals surface area (Å²) in [4.78, 5) is 8.50. The number of aliphatic imine (C=N–C) groups is 1. The Morgan fingerprint density at radius 3 is 2.89 bits per heavy atom. The number of hydrogen-bond acceptors (Lipinski definition) is 3. The zero-order valence-corrected chi connectivity index (χ0v) is 13.7. The molecule has 0 aromatic carbocycles. The van der Waals surface area contributed by atoms with Crippen LogP contribution in [0.3, 0.4) is 0 Å². The minimum absolute atomic E-state index is 0. The largest absolute Gasteiger partial charge is 0.370 e. The Morgan fingerprint density at radius 1 is 1.47 bits per heavy atom. The highest BCUT2D eigenvalue weighted by Crippen LogP contribution is 2.16. The molecule has 1 aliphatic rings. The van der Waals surface area contributed by atoms with E-state index in [1.54, 1.807) is 6.33 Å². The van der Waals surface area contributed by atoms with E-state index in [-0.39, 0.29) is 24.0 Å². The summed E-state index contributed by atoms with van der Waals surface area (Å²) in [7, 11) is 0. The molecule has 1 fully saturated rings. The van der Waals surface area contributed by atoms with Crippen molar-refractivity contribution >= 4 is 29.9 Å². The van der Waals surface area contributed by atoms with Gasteiger partial charge in [0.2, 0.25) is 0 Å². The summed E-state index contributed by atoms with van der Waals surface area (Å²) in [6.07, 6.45) is 7.86. The molecule has 6 nitrogen and oxygen atoms in total. The number of halogens is 1. The molecule has 0 radical (unpaired) electrons. The molecule has 0 atom stereocenters. The van der Waals surface area contributed by atoms with Crippen molar-refractivity contribution in [2.75, 3.05) is 0 Å². The van der Waals surface area contributed by atoms with E-state index in [4.69, 9.17) is 5.73 Å². The maximum atomic E-state index is 5.89. The van der Waals surface area contributed by atoms with Crippen LogP contribution in [-0.2, 0) is 13.1 Å². The fraction of sp³-hybridized carbons (Fsp3) is 0.750. The third-order valence-electron chi connectivity index (χ3n) is 3.34. The highest BCUT2D eigenvalue weighted by atomic mass is 127. The molecule has 0 bridgehead atoms. The Kier molecular flexibility index (Phi) is 7.11. The van der Waals surface area contributed by atoms with Crippen LogP contribution in [-0.4, -0.2) is 26.8 Å². The lowest BCUT2D eigenvalue weighted by molar-refractivity contribution is 0.412. The van der Waals surface area contributed by atoms with Crippen LogP contribution in [0.5, 0.6) is 0 Å². The van der Waals surface area contributed by atoms with E-state index in [0.29, 0.717) is 18.5 Å². The van der Waals surface area contributed by atoms with Crippen LogP contribution in [0, 0.1) is 0 Å². The maximum Gasteiger partial charge on any atom is 0.189 e. The lowest BCUT2D eigenvalue weighted by Gasteiger charge is -2.23. The first-order chi connectivity index (χ1) is 8.79. The van der Waals surface area contributed by atoms with Crippen LogP contribution in [0.25, 0.3) is 0 Å². The summed E-state index contributed by atoms with van der Waals surface area (Å²) in [5.74, 6) is 1.37. The summed E-state index contributed by atoms with van der Waals surface area (Å²) in [6.45, 7) is 3.33. The minimum Gasteiger partial charge on any atom is -0.370 e. The molecule has 1 heterocycles. The van der Waals surface area contributed by atoms with E-state index in [1.165, 1.54) is 32.1 Å². The van der Waals surface area contributed by atoms with Gasteiger partial charge in [0.1, 0.15) is 18.7 Å². The van der Waals surface area contributed by atoms with Gasteiger partial charge in [0.05, 0.1) is 0 Å². The van der Waals surface area contributed by atoms with Crippen LogP contribution >= 0.6 is 24.0 Å². The summed E-state index contributed by atoms with van der Waals surface area (Å²) < 4.78 is 1.83. The lowest BCUT2D eigenvalue weighted by atomic mass is 9.96. The zero-order valence-electron chi connectivity index (χ0n) is 11.4. The van der Waals surface area contributed by atoms with Crippen LogP contribution in [0.1, 0.15) is 44.9 Å². The Bertz CT molecular complexity index is 397. The number of nitrogens with zero attached hydrogens (tertiary/aromatic N) is 4. The smallest absolute Gasteiger partial charge is 0.189 e. The number of guanidine groups is 1. The number of aromatic nitrogens is 3. The topological polar surface area (TPSA) is 81.1 Å². The molecule has 1 aromatic heterocycles. The number of aryl methyl sites for hydroxylation is 1. The molecular formula is C12H23IN6. The van der Waals surface area contributed by atoms with Crippen LogP contribution < -0.4 is 11.1 Å². The van der Waals surface area contributed by atoms with Crippen molar-refractivity contribution in [1.29, 1.82) is 0 Å². The van der Waals surface area contributed by atoms with Gasteiger partial charge in [-0.05, 0) is 19.8 Å². The average Bonchev–Trinajstić information content (AvgIpc) is 2.85. The predicted molar refractivity (Wildman–Crippen MR) is 86.4 cm³/mol. The van der Waals surface area contributed by atoms with Crippen LogP contribution in [0.2, 0.25) is 0 Å². The molecule has 0 unspecified atom stereocenters. The van der Waals surface area contributed by atoms with Crippen LogP contribution in [0.4, 0.5) is 0 Å². The quantitative estimate of drug-likeness (QED) is 0.474. The van der Waals surface area contributed by atoms with E-state index in [1.807, 2.05) is 11.6 Å². The zero-order chi connectivity index (χ0) is 12.8. The van der Waals surface area contributed by atoms with Crippen molar-refractivity contribution < 1.29 is 0 Å². The molecule has 0 aliphatic heterocycles. The van der Waals surface area contributed by atoms with Crippen molar-refractivity contribution in [2.24, 2.45) is 10.7 Å². The van der Waals surface area contributed by atoms with Gasteiger partial charge in [-0.25, -0.2) is 14.7 Å². The first-order valence-electron chi connectivity index (χ1n) is 6.72. The fourth-order valence-electron chi connectivity index (χ4n) is 2.33. The second kappa shape index (κ2) is 8.34. The molecule has 0 amide bonds. The summed E-state index contributed by atoms with van der Waals surface area (Å²) >= 11 is 0. The monoisotopic (exact) mass is 378 g/mol. The molecule has 1 aromatic rings. The van der Waals surface area contributed by atoms with Crippen molar-refractivity contribution in [3.63, 3.8) is 0 Å². The summed E-state index contributed by atoms with van der Waals surface area (Å²) in [5.41, 5.74) is 5.89. The molecule has 3 N–H and O–H groups in total. The Balaban J connectivity index is 0.00000180. The number of nitrogens with one attached hydrogen (secondary N) is 1. The summed E-state index contributed by atoms with van der Waals surface area (Å²) in [6, 6.07) is 0.492. The van der Waals surface area contributed by atoms with Crippen molar-refractivity contribution in [3.8, 4) is 0 Å². The minimum atomic E-state index is 0. The molecule has 19 heavy (non-hydrogen) atoms. The highest BCUT2D eigenvalue weighted by Gasteiger charge is 2.13. The van der Waals surface area contributed by atoms with Gasteiger partial charge >= 0.3 is 0 Å². The SMILES string of the molecule is CCn1ncnc1CN=C(N)NC1CCCCC1.I. The van der Waals surface area contributed by atoms with Gasteiger partial charge in [-0.3, -0.25) is 0 Å². The third-order valence-corrected chi connectivity index (χ3v) is 3.34. The second-order valence-electron chi connectivity index (χ2n) is 4.67. The van der Waals surface area contributed by atoms with Gasteiger partial charge < -0.3 is 11.1 Å². The molecule has 0 spiro atoms. The van der Waals surface area contributed by atoms with Crippen molar-refractivity contribution in [2.45, 2.75) is 58.2 Å². The van der Waals surface area contributed by atoms with E-state index in [9.17, 15) is 0 Å². The highest BCUT2D eigenvalue weighted by molar-refractivity contribution is 14.0. The average molecular weight is 378 g/mol. The van der Waals surface area contributed by atoms with E-state index in [2.05, 4.69) is 20.4 Å².